The molecule has 8 nitrogen and oxygen atoms in total. The third-order valence-electron chi connectivity index (χ3n) is 7.15. The lowest BCUT2D eigenvalue weighted by Crippen LogP contribution is -2.56. The first-order chi connectivity index (χ1) is 17.9. The summed E-state index contributed by atoms with van der Waals surface area (Å²) in [5.41, 5.74) is 1.64. The van der Waals surface area contributed by atoms with Crippen molar-refractivity contribution < 1.29 is 26.9 Å². The van der Waals surface area contributed by atoms with E-state index >= 15 is 0 Å². The fraction of sp³-hybridized carbons (Fsp3) is 0.214. The van der Waals surface area contributed by atoms with Crippen LogP contribution in [0.2, 0.25) is 0 Å². The molecule has 37 heavy (non-hydrogen) atoms. The van der Waals surface area contributed by atoms with Crippen molar-refractivity contribution in [1.82, 2.24) is 4.31 Å². The molecule has 0 aliphatic carbocycles. The van der Waals surface area contributed by atoms with Gasteiger partial charge < -0.3 is 13.8 Å². The lowest BCUT2D eigenvalue weighted by atomic mass is 9.68. The second-order valence-electron chi connectivity index (χ2n) is 9.17. The van der Waals surface area contributed by atoms with Crippen LogP contribution in [0.4, 0.5) is 5.69 Å². The summed E-state index contributed by atoms with van der Waals surface area (Å²) in [5.74, 6) is -1.88. The number of fused-ring (bicyclic) bond motifs is 5. The van der Waals surface area contributed by atoms with E-state index in [-0.39, 0.29) is 24.8 Å². The standard InChI is InChI=1S/C28H24N2O6S/c1-2-35-26(31)22-18-30-24(20-12-6-9-15-25(20)36-37(30,33)34)16-28(22)21-13-7-8-14-23(21)29(27(28)32)17-19-10-4-3-5-11-19/h3-16,22H,2,17-18H2,1H3/t22-,28-/m1/s1. The number of esters is 1. The maximum absolute atomic E-state index is 14.5. The zero-order chi connectivity index (χ0) is 25.8. The number of para-hydroxylation sites is 2. The second kappa shape index (κ2) is 8.48. The van der Waals surface area contributed by atoms with Crippen LogP contribution in [-0.4, -0.2) is 37.8 Å². The molecular formula is C28H24N2O6S. The molecule has 2 atom stereocenters. The zero-order valence-corrected chi connectivity index (χ0v) is 20.9. The van der Waals surface area contributed by atoms with Gasteiger partial charge in [0.1, 0.15) is 5.41 Å². The number of amides is 1. The molecule has 188 valence electrons. The average molecular weight is 517 g/mol. The fourth-order valence-electron chi connectivity index (χ4n) is 5.54. The molecule has 3 aromatic carbocycles. The van der Waals surface area contributed by atoms with E-state index in [4.69, 9.17) is 8.92 Å². The molecule has 6 rings (SSSR count). The number of ether oxygens (including phenoxy) is 1. The number of carbonyl (C=O) groups is 2. The van der Waals surface area contributed by atoms with Gasteiger partial charge in [-0.25, -0.2) is 4.31 Å². The Hall–Kier alpha value is -4.11. The maximum Gasteiger partial charge on any atom is 0.410 e. The number of anilines is 1. The minimum Gasteiger partial charge on any atom is -0.466 e. The minimum absolute atomic E-state index is 0.0949. The summed E-state index contributed by atoms with van der Waals surface area (Å²) in [6.45, 7) is 1.79. The van der Waals surface area contributed by atoms with E-state index in [1.54, 1.807) is 42.2 Å². The number of hydrogen-bond donors (Lipinski definition) is 0. The van der Waals surface area contributed by atoms with E-state index in [1.807, 2.05) is 54.6 Å². The molecule has 1 amide bonds. The van der Waals surface area contributed by atoms with Gasteiger partial charge in [-0.1, -0.05) is 60.7 Å². The molecule has 3 aliphatic heterocycles. The Labute approximate surface area is 215 Å². The van der Waals surface area contributed by atoms with Crippen molar-refractivity contribution in [3.05, 3.63) is 102 Å². The SMILES string of the molecule is CCOC(=O)[C@H]1CN2C(=C[C@]13C(=O)N(Cc1ccccc1)c1ccccc13)c1ccccc1OS2(=O)=O. The molecule has 0 aromatic heterocycles. The summed E-state index contributed by atoms with van der Waals surface area (Å²) in [7, 11) is -4.25. The minimum atomic E-state index is -4.25. The molecule has 3 heterocycles. The van der Waals surface area contributed by atoms with Gasteiger partial charge in [0.05, 0.1) is 31.3 Å². The third kappa shape index (κ3) is 3.45. The first-order valence-electron chi connectivity index (χ1n) is 12.0. The van der Waals surface area contributed by atoms with Crippen molar-refractivity contribution in [2.75, 3.05) is 18.1 Å². The van der Waals surface area contributed by atoms with Gasteiger partial charge in [-0.05, 0) is 42.3 Å². The highest BCUT2D eigenvalue weighted by atomic mass is 32.2. The normalized spacial score (nSPS) is 23.0. The molecule has 9 heteroatoms. The molecule has 0 fully saturated rings. The van der Waals surface area contributed by atoms with Crippen LogP contribution in [0.5, 0.6) is 5.75 Å². The van der Waals surface area contributed by atoms with Crippen LogP contribution in [0.1, 0.15) is 23.6 Å². The van der Waals surface area contributed by atoms with Crippen molar-refractivity contribution in [2.24, 2.45) is 5.92 Å². The predicted octanol–water partition coefficient (Wildman–Crippen LogP) is 3.64. The fourth-order valence-corrected chi connectivity index (χ4v) is 6.72. The number of hydrogen-bond acceptors (Lipinski definition) is 6. The van der Waals surface area contributed by atoms with Crippen LogP contribution < -0.4 is 9.08 Å². The first kappa shape index (κ1) is 23.3. The Bertz CT molecular complexity index is 1550. The van der Waals surface area contributed by atoms with Crippen LogP contribution in [0.15, 0.2) is 84.9 Å². The number of nitrogens with zero attached hydrogens (tertiary/aromatic N) is 2. The highest BCUT2D eigenvalue weighted by Gasteiger charge is 2.61. The van der Waals surface area contributed by atoms with Crippen molar-refractivity contribution in [3.63, 3.8) is 0 Å². The zero-order valence-electron chi connectivity index (χ0n) is 20.0. The molecule has 0 radical (unpaired) electrons. The molecule has 0 bridgehead atoms. The van der Waals surface area contributed by atoms with Gasteiger partial charge in [0.2, 0.25) is 5.91 Å². The van der Waals surface area contributed by atoms with E-state index in [0.717, 1.165) is 9.87 Å². The van der Waals surface area contributed by atoms with Crippen LogP contribution >= 0.6 is 0 Å². The predicted molar refractivity (Wildman–Crippen MR) is 137 cm³/mol. The summed E-state index contributed by atoms with van der Waals surface area (Å²) in [4.78, 5) is 29.6. The molecule has 0 unspecified atom stereocenters. The van der Waals surface area contributed by atoms with Crippen LogP contribution in [0.25, 0.3) is 5.70 Å². The number of carbonyl (C=O) groups excluding carboxylic acids is 2. The third-order valence-corrected chi connectivity index (χ3v) is 8.43. The van der Waals surface area contributed by atoms with Gasteiger partial charge in [-0.2, -0.15) is 8.42 Å². The number of rotatable bonds is 4. The topological polar surface area (TPSA) is 93.2 Å². The number of benzene rings is 3. The van der Waals surface area contributed by atoms with Crippen molar-refractivity contribution in [1.29, 1.82) is 0 Å². The Kier molecular flexibility index (Phi) is 5.34. The summed E-state index contributed by atoms with van der Waals surface area (Å²) in [5, 5.41) is 0. The highest BCUT2D eigenvalue weighted by Crippen LogP contribution is 2.54. The van der Waals surface area contributed by atoms with Gasteiger partial charge in [0, 0.05) is 11.3 Å². The van der Waals surface area contributed by atoms with Crippen LogP contribution in [0, 0.1) is 5.92 Å². The van der Waals surface area contributed by atoms with E-state index in [0.29, 0.717) is 29.1 Å². The van der Waals surface area contributed by atoms with E-state index < -0.39 is 27.6 Å². The highest BCUT2D eigenvalue weighted by molar-refractivity contribution is 7.85. The molecular weight excluding hydrogens is 492 g/mol. The van der Waals surface area contributed by atoms with Gasteiger partial charge in [-0.3, -0.25) is 9.59 Å². The molecule has 3 aliphatic rings. The molecule has 0 N–H and O–H groups in total. The molecule has 1 spiro atoms. The average Bonchev–Trinajstić information content (AvgIpc) is 3.12. The Balaban J connectivity index is 1.60. The first-order valence-corrected chi connectivity index (χ1v) is 13.4. The Morgan fingerprint density at radius 1 is 1.03 bits per heavy atom. The lowest BCUT2D eigenvalue weighted by molar-refractivity contribution is -0.152. The summed E-state index contributed by atoms with van der Waals surface area (Å²) >= 11 is 0. The van der Waals surface area contributed by atoms with Crippen LogP contribution in [-0.2, 0) is 36.6 Å². The van der Waals surface area contributed by atoms with Crippen molar-refractivity contribution in [2.45, 2.75) is 18.9 Å². The second-order valence-corrected chi connectivity index (χ2v) is 10.6. The maximum atomic E-state index is 14.5. The molecule has 3 aromatic rings. The smallest absolute Gasteiger partial charge is 0.410 e. The van der Waals surface area contributed by atoms with Crippen molar-refractivity contribution in [3.8, 4) is 5.75 Å². The monoisotopic (exact) mass is 516 g/mol. The van der Waals surface area contributed by atoms with Crippen LogP contribution in [0.3, 0.4) is 0 Å². The van der Waals surface area contributed by atoms with E-state index in [1.165, 1.54) is 0 Å². The Morgan fingerprint density at radius 2 is 1.73 bits per heavy atom. The van der Waals surface area contributed by atoms with Crippen molar-refractivity contribution >= 4 is 33.6 Å². The van der Waals surface area contributed by atoms with Gasteiger partial charge in [0.15, 0.2) is 5.75 Å². The summed E-state index contributed by atoms with van der Waals surface area (Å²) in [6.07, 6.45) is 1.63. The molecule has 0 saturated carbocycles. The van der Waals surface area contributed by atoms with Gasteiger partial charge in [0.25, 0.3) is 0 Å². The van der Waals surface area contributed by atoms with E-state index in [9.17, 15) is 18.0 Å². The van der Waals surface area contributed by atoms with E-state index in [2.05, 4.69) is 0 Å². The van der Waals surface area contributed by atoms with Gasteiger partial charge in [-0.15, -0.1) is 0 Å². The summed E-state index contributed by atoms with van der Waals surface area (Å²) < 4.78 is 38.1. The summed E-state index contributed by atoms with van der Waals surface area (Å²) in [6, 6.07) is 23.7. The lowest BCUT2D eigenvalue weighted by Gasteiger charge is -2.43. The largest absolute Gasteiger partial charge is 0.466 e. The van der Waals surface area contributed by atoms with Gasteiger partial charge >= 0.3 is 16.3 Å². The quantitative estimate of drug-likeness (QED) is 0.492. The Morgan fingerprint density at radius 3 is 2.51 bits per heavy atom. The molecule has 0 saturated heterocycles.